The minimum atomic E-state index is -0.351. The first-order chi connectivity index (χ1) is 12.7. The van der Waals surface area contributed by atoms with E-state index in [-0.39, 0.29) is 23.9 Å². The molecule has 2 aromatic rings. The van der Waals surface area contributed by atoms with E-state index in [1.165, 1.54) is 7.11 Å². The molecule has 0 unspecified atom stereocenters. The summed E-state index contributed by atoms with van der Waals surface area (Å²) in [6, 6.07) is 12.7. The Morgan fingerprint density at radius 1 is 1.31 bits per heavy atom. The molecule has 0 radical (unpaired) electrons. The molecule has 0 aliphatic carbocycles. The number of hydrogen-bond donors (Lipinski definition) is 2. The second-order valence-corrected chi connectivity index (χ2v) is 6.62. The van der Waals surface area contributed by atoms with Crippen molar-refractivity contribution in [2.75, 3.05) is 25.6 Å². The van der Waals surface area contributed by atoms with Gasteiger partial charge in [0.25, 0.3) is 5.91 Å². The average Bonchev–Trinajstić information content (AvgIpc) is 3.18. The predicted octanol–water partition coefficient (Wildman–Crippen LogP) is 3.15. The molecule has 4 rings (SSSR count). The predicted molar refractivity (Wildman–Crippen MR) is 97.5 cm³/mol. The molecule has 26 heavy (non-hydrogen) atoms. The molecule has 2 aromatic carbocycles. The van der Waals surface area contributed by atoms with Gasteiger partial charge in [-0.1, -0.05) is 18.2 Å². The molecule has 2 atom stereocenters. The van der Waals surface area contributed by atoms with E-state index >= 15 is 0 Å². The number of rotatable bonds is 4. The van der Waals surface area contributed by atoms with Crippen molar-refractivity contribution in [2.45, 2.75) is 25.1 Å². The van der Waals surface area contributed by atoms with Crippen LogP contribution in [0.15, 0.2) is 42.5 Å². The van der Waals surface area contributed by atoms with Crippen molar-refractivity contribution in [1.29, 1.82) is 0 Å². The van der Waals surface area contributed by atoms with E-state index in [1.54, 1.807) is 18.2 Å². The van der Waals surface area contributed by atoms with Crippen molar-refractivity contribution < 1.29 is 19.4 Å². The Bertz CT molecular complexity index is 817. The van der Waals surface area contributed by atoms with Crippen LogP contribution in [0.25, 0.3) is 0 Å². The Kier molecular flexibility index (Phi) is 4.42. The Morgan fingerprint density at radius 3 is 2.92 bits per heavy atom. The summed E-state index contributed by atoms with van der Waals surface area (Å²) in [6.07, 6.45) is 1.68. The Morgan fingerprint density at radius 2 is 2.15 bits per heavy atom. The van der Waals surface area contributed by atoms with Crippen molar-refractivity contribution in [3.63, 3.8) is 0 Å². The van der Waals surface area contributed by atoms with Gasteiger partial charge in [0.2, 0.25) is 0 Å². The minimum absolute atomic E-state index is 0.0214. The number of nitrogens with zero attached hydrogens (tertiary/aromatic N) is 1. The van der Waals surface area contributed by atoms with Gasteiger partial charge < -0.3 is 24.8 Å². The highest BCUT2D eigenvalue weighted by molar-refractivity contribution is 6.01. The topological polar surface area (TPSA) is 71.0 Å². The first-order valence-corrected chi connectivity index (χ1v) is 8.82. The van der Waals surface area contributed by atoms with Gasteiger partial charge in [0.05, 0.1) is 18.8 Å². The first-order valence-electron chi connectivity index (χ1n) is 8.82. The maximum Gasteiger partial charge on any atom is 0.257 e. The number of carbonyl (C=O) groups is 1. The van der Waals surface area contributed by atoms with Gasteiger partial charge in [-0.3, -0.25) is 4.79 Å². The third-order valence-electron chi connectivity index (χ3n) is 4.97. The van der Waals surface area contributed by atoms with Crippen LogP contribution in [-0.2, 0) is 4.74 Å². The molecule has 1 amide bonds. The van der Waals surface area contributed by atoms with Gasteiger partial charge in [0.15, 0.2) is 11.5 Å². The highest BCUT2D eigenvalue weighted by Gasteiger charge is 2.35. The Balaban J connectivity index is 1.72. The van der Waals surface area contributed by atoms with Crippen LogP contribution in [0.3, 0.4) is 0 Å². The largest absolute Gasteiger partial charge is 0.504 e. The monoisotopic (exact) mass is 354 g/mol. The number of phenols is 1. The molecule has 6 heteroatoms. The van der Waals surface area contributed by atoms with Gasteiger partial charge in [0.1, 0.15) is 6.17 Å². The van der Waals surface area contributed by atoms with E-state index in [0.717, 1.165) is 30.7 Å². The second-order valence-electron chi connectivity index (χ2n) is 6.62. The molecule has 1 fully saturated rings. The van der Waals surface area contributed by atoms with Crippen LogP contribution in [0.2, 0.25) is 0 Å². The normalized spacial score (nSPS) is 22.0. The number of amides is 1. The summed E-state index contributed by atoms with van der Waals surface area (Å²) in [5.74, 6) is 0.434. The van der Waals surface area contributed by atoms with Gasteiger partial charge in [-0.15, -0.1) is 0 Å². The zero-order chi connectivity index (χ0) is 18.1. The fourth-order valence-electron chi connectivity index (χ4n) is 3.62. The van der Waals surface area contributed by atoms with Crippen molar-refractivity contribution in [3.05, 3.63) is 53.6 Å². The van der Waals surface area contributed by atoms with Crippen LogP contribution in [0.1, 0.15) is 34.9 Å². The maximum atomic E-state index is 13.2. The number of fused-ring (bicyclic) bond motifs is 1. The van der Waals surface area contributed by atoms with Crippen LogP contribution in [0.5, 0.6) is 11.5 Å². The van der Waals surface area contributed by atoms with Gasteiger partial charge in [-0.25, -0.2) is 0 Å². The lowest BCUT2D eigenvalue weighted by Gasteiger charge is -2.39. The average molecular weight is 354 g/mol. The number of hydrogen-bond acceptors (Lipinski definition) is 5. The summed E-state index contributed by atoms with van der Waals surface area (Å²) in [7, 11) is 1.51. The van der Waals surface area contributed by atoms with E-state index in [9.17, 15) is 9.90 Å². The lowest BCUT2D eigenvalue weighted by Crippen LogP contribution is -2.46. The summed E-state index contributed by atoms with van der Waals surface area (Å²) in [5.41, 5.74) is 2.31. The van der Waals surface area contributed by atoms with E-state index in [0.29, 0.717) is 17.9 Å². The van der Waals surface area contributed by atoms with Crippen LogP contribution in [-0.4, -0.2) is 42.3 Å². The molecule has 0 spiro atoms. The van der Waals surface area contributed by atoms with Gasteiger partial charge in [0, 0.05) is 18.8 Å². The molecule has 2 N–H and O–H groups in total. The van der Waals surface area contributed by atoms with Crippen molar-refractivity contribution >= 4 is 11.6 Å². The van der Waals surface area contributed by atoms with Crippen LogP contribution < -0.4 is 10.1 Å². The van der Waals surface area contributed by atoms with E-state index in [1.807, 2.05) is 29.2 Å². The number of phenolic OH excluding ortho intramolecular Hbond substituents is 1. The van der Waals surface area contributed by atoms with E-state index < -0.39 is 0 Å². The maximum absolute atomic E-state index is 13.2. The standard InChI is InChI=1S/C20H22N2O4/c1-25-18-11-13(8-9-17(18)23)19-21-16-7-3-2-6-15(16)20(24)22(19)12-14-5-4-10-26-14/h2-3,6-9,11,14,19,21,23H,4-5,10,12H2,1H3/t14-,19+/m1/s1. The lowest BCUT2D eigenvalue weighted by molar-refractivity contribution is 0.0426. The molecular formula is C20H22N2O4. The van der Waals surface area contributed by atoms with Crippen molar-refractivity contribution in [1.82, 2.24) is 4.90 Å². The molecule has 2 heterocycles. The molecule has 136 valence electrons. The number of anilines is 1. The highest BCUT2D eigenvalue weighted by atomic mass is 16.5. The minimum Gasteiger partial charge on any atom is -0.504 e. The third kappa shape index (κ3) is 2.97. The SMILES string of the molecule is COc1cc([C@H]2Nc3ccccc3C(=O)N2C[C@H]2CCCO2)ccc1O. The molecular weight excluding hydrogens is 332 g/mol. The van der Waals surface area contributed by atoms with Gasteiger partial charge in [-0.2, -0.15) is 0 Å². The molecule has 2 aliphatic heterocycles. The van der Waals surface area contributed by atoms with Gasteiger partial charge >= 0.3 is 0 Å². The molecule has 2 aliphatic rings. The van der Waals surface area contributed by atoms with Crippen molar-refractivity contribution in [2.24, 2.45) is 0 Å². The summed E-state index contributed by atoms with van der Waals surface area (Å²) < 4.78 is 11.0. The molecule has 0 bridgehead atoms. The quantitative estimate of drug-likeness (QED) is 0.883. The Labute approximate surface area is 152 Å². The van der Waals surface area contributed by atoms with E-state index in [2.05, 4.69) is 5.32 Å². The summed E-state index contributed by atoms with van der Waals surface area (Å²) in [4.78, 5) is 15.0. The number of para-hydroxylation sites is 1. The smallest absolute Gasteiger partial charge is 0.257 e. The summed E-state index contributed by atoms with van der Waals surface area (Å²) in [6.45, 7) is 1.27. The number of carbonyl (C=O) groups excluding carboxylic acids is 1. The van der Waals surface area contributed by atoms with E-state index in [4.69, 9.17) is 9.47 Å². The Hall–Kier alpha value is -2.73. The number of aromatic hydroxyl groups is 1. The zero-order valence-corrected chi connectivity index (χ0v) is 14.6. The number of benzene rings is 2. The zero-order valence-electron chi connectivity index (χ0n) is 14.6. The van der Waals surface area contributed by atoms with Gasteiger partial charge in [-0.05, 0) is 42.7 Å². The number of ether oxygens (including phenoxy) is 2. The fourth-order valence-corrected chi connectivity index (χ4v) is 3.62. The molecule has 0 saturated carbocycles. The second kappa shape index (κ2) is 6.88. The highest BCUT2D eigenvalue weighted by Crippen LogP contribution is 2.37. The van der Waals surface area contributed by atoms with Crippen LogP contribution in [0, 0.1) is 0 Å². The molecule has 6 nitrogen and oxygen atoms in total. The number of methoxy groups -OCH3 is 1. The summed E-state index contributed by atoms with van der Waals surface area (Å²) in [5, 5.41) is 13.3. The fraction of sp³-hybridized carbons (Fsp3) is 0.350. The third-order valence-corrected chi connectivity index (χ3v) is 4.97. The lowest BCUT2D eigenvalue weighted by atomic mass is 10.0. The number of nitrogens with one attached hydrogen (secondary N) is 1. The van der Waals surface area contributed by atoms with Crippen LogP contribution in [0.4, 0.5) is 5.69 Å². The molecule has 0 aromatic heterocycles. The molecule has 1 saturated heterocycles. The van der Waals surface area contributed by atoms with Crippen LogP contribution >= 0.6 is 0 Å². The first kappa shape index (κ1) is 16.7. The van der Waals surface area contributed by atoms with Crippen molar-refractivity contribution in [3.8, 4) is 11.5 Å². The summed E-state index contributed by atoms with van der Waals surface area (Å²) >= 11 is 0.